The van der Waals surface area contributed by atoms with Crippen molar-refractivity contribution in [3.63, 3.8) is 0 Å². The number of amides is 1. The predicted octanol–water partition coefficient (Wildman–Crippen LogP) is 6.28. The number of ether oxygens (including phenoxy) is 2. The number of aliphatic carboxylic acids is 1. The number of hydrogen-bond donors (Lipinski definition) is 1. The Morgan fingerprint density at radius 1 is 1.18 bits per heavy atom. The molecule has 1 saturated heterocycles. The summed E-state index contributed by atoms with van der Waals surface area (Å²) in [5.74, 6) is 0.287. The van der Waals surface area contributed by atoms with Crippen molar-refractivity contribution in [2.45, 2.75) is 78.2 Å². The molecule has 182 valence electrons. The van der Waals surface area contributed by atoms with Crippen molar-refractivity contribution in [3.05, 3.63) is 28.7 Å². The van der Waals surface area contributed by atoms with Gasteiger partial charge in [0.1, 0.15) is 4.32 Å². The predicted molar refractivity (Wildman–Crippen MR) is 138 cm³/mol. The number of rotatable bonds is 15. The molecule has 1 aliphatic heterocycles. The minimum atomic E-state index is -0.882. The van der Waals surface area contributed by atoms with E-state index in [1.54, 1.807) is 6.08 Å². The fourth-order valence-corrected chi connectivity index (χ4v) is 4.83. The largest absolute Gasteiger partial charge is 0.490 e. The molecule has 1 fully saturated rings. The van der Waals surface area contributed by atoms with Gasteiger partial charge in [0.05, 0.1) is 17.6 Å². The lowest BCUT2D eigenvalue weighted by Gasteiger charge is -2.18. The molecule has 0 spiro atoms. The third-order valence-corrected chi connectivity index (χ3v) is 6.63. The van der Waals surface area contributed by atoms with Crippen LogP contribution >= 0.6 is 24.0 Å². The number of carbonyl (C=O) groups excluding carboxylic acids is 1. The maximum atomic E-state index is 12.7. The van der Waals surface area contributed by atoms with Gasteiger partial charge in [0.2, 0.25) is 0 Å². The van der Waals surface area contributed by atoms with Crippen molar-refractivity contribution in [2.75, 3.05) is 13.2 Å². The Labute approximate surface area is 206 Å². The second-order valence-corrected chi connectivity index (χ2v) is 9.78. The monoisotopic (exact) mass is 493 g/mol. The number of hydrogen-bond acceptors (Lipinski definition) is 6. The average molecular weight is 494 g/mol. The maximum absolute atomic E-state index is 12.7. The second-order valence-electron chi connectivity index (χ2n) is 8.10. The van der Waals surface area contributed by atoms with Gasteiger partial charge in [-0.3, -0.25) is 14.5 Å². The van der Waals surface area contributed by atoms with E-state index in [0.717, 1.165) is 18.4 Å². The highest BCUT2D eigenvalue weighted by atomic mass is 32.2. The highest BCUT2D eigenvalue weighted by Gasteiger charge is 2.31. The second kappa shape index (κ2) is 14.3. The van der Waals surface area contributed by atoms with Crippen LogP contribution in [-0.2, 0) is 9.59 Å². The summed E-state index contributed by atoms with van der Waals surface area (Å²) >= 11 is 6.55. The molecule has 1 aromatic rings. The number of thioether (sulfide) groups is 1. The van der Waals surface area contributed by atoms with Crippen LogP contribution in [0, 0.1) is 0 Å². The van der Waals surface area contributed by atoms with Gasteiger partial charge in [-0.2, -0.15) is 0 Å². The lowest BCUT2D eigenvalue weighted by atomic mass is 10.1. The number of carbonyl (C=O) groups is 2. The van der Waals surface area contributed by atoms with E-state index in [1.165, 1.54) is 42.3 Å². The van der Waals surface area contributed by atoms with E-state index in [-0.39, 0.29) is 18.4 Å². The molecule has 1 heterocycles. The van der Waals surface area contributed by atoms with Gasteiger partial charge in [-0.15, -0.1) is 0 Å². The summed E-state index contributed by atoms with van der Waals surface area (Å²) in [5, 5.41) is 8.81. The first-order valence-electron chi connectivity index (χ1n) is 11.8. The number of carboxylic acid groups (broad SMARTS) is 1. The summed E-state index contributed by atoms with van der Waals surface area (Å²) in [6.07, 6.45) is 9.44. The lowest BCUT2D eigenvalue weighted by molar-refractivity contribution is -0.137. The SMILES string of the molecule is CCCCCCCC(C)Oc1ccc(C=C2SC(=S)N(CCCC(=O)O)C2=O)cc1OCC. The Hall–Kier alpha value is -2.06. The summed E-state index contributed by atoms with van der Waals surface area (Å²) in [4.78, 5) is 25.5. The van der Waals surface area contributed by atoms with Gasteiger partial charge in [-0.05, 0) is 56.9 Å². The number of carboxylic acids is 1. The van der Waals surface area contributed by atoms with E-state index in [2.05, 4.69) is 13.8 Å². The molecule has 2 rings (SSSR count). The first kappa shape index (κ1) is 27.2. The topological polar surface area (TPSA) is 76.1 Å². The Balaban J connectivity index is 2.04. The molecule has 0 aromatic heterocycles. The van der Waals surface area contributed by atoms with E-state index in [9.17, 15) is 9.59 Å². The van der Waals surface area contributed by atoms with Crippen LogP contribution in [0.4, 0.5) is 0 Å². The van der Waals surface area contributed by atoms with Gasteiger partial charge >= 0.3 is 5.97 Å². The van der Waals surface area contributed by atoms with Crippen LogP contribution in [0.15, 0.2) is 23.1 Å². The minimum absolute atomic E-state index is 0.00640. The molecular formula is C25H35NO5S2. The first-order chi connectivity index (χ1) is 15.8. The third-order valence-electron chi connectivity index (χ3n) is 5.25. The van der Waals surface area contributed by atoms with Gasteiger partial charge in [-0.25, -0.2) is 0 Å². The maximum Gasteiger partial charge on any atom is 0.303 e. The molecular weight excluding hydrogens is 458 g/mol. The van der Waals surface area contributed by atoms with Gasteiger partial charge in [0.25, 0.3) is 5.91 Å². The molecule has 0 radical (unpaired) electrons. The number of unbranched alkanes of at least 4 members (excludes halogenated alkanes) is 4. The third kappa shape index (κ3) is 9.01. The fourth-order valence-electron chi connectivity index (χ4n) is 3.52. The molecule has 0 saturated carbocycles. The zero-order valence-corrected chi connectivity index (χ0v) is 21.4. The van der Waals surface area contributed by atoms with Crippen molar-refractivity contribution in [2.24, 2.45) is 0 Å². The van der Waals surface area contributed by atoms with Gasteiger partial charge in [0, 0.05) is 13.0 Å². The van der Waals surface area contributed by atoms with E-state index >= 15 is 0 Å². The van der Waals surface area contributed by atoms with E-state index in [4.69, 9.17) is 26.8 Å². The van der Waals surface area contributed by atoms with Crippen molar-refractivity contribution in [1.29, 1.82) is 0 Å². The molecule has 0 aliphatic carbocycles. The van der Waals surface area contributed by atoms with E-state index in [0.29, 0.717) is 40.3 Å². The summed E-state index contributed by atoms with van der Waals surface area (Å²) in [6.45, 7) is 7.04. The van der Waals surface area contributed by atoms with Crippen LogP contribution in [0.1, 0.15) is 77.7 Å². The normalized spacial score (nSPS) is 15.8. The number of nitrogens with zero attached hydrogens (tertiary/aromatic N) is 1. The molecule has 1 aromatic carbocycles. The van der Waals surface area contributed by atoms with Crippen LogP contribution in [0.25, 0.3) is 6.08 Å². The smallest absolute Gasteiger partial charge is 0.303 e. The van der Waals surface area contributed by atoms with Crippen molar-refractivity contribution >= 4 is 46.3 Å². The minimum Gasteiger partial charge on any atom is -0.490 e. The van der Waals surface area contributed by atoms with E-state index < -0.39 is 5.97 Å². The molecule has 1 N–H and O–H groups in total. The molecule has 1 amide bonds. The highest BCUT2D eigenvalue weighted by molar-refractivity contribution is 8.26. The summed E-state index contributed by atoms with van der Waals surface area (Å²) < 4.78 is 12.4. The zero-order valence-electron chi connectivity index (χ0n) is 19.8. The Bertz CT molecular complexity index is 855. The van der Waals surface area contributed by atoms with Crippen LogP contribution in [-0.4, -0.2) is 45.5 Å². The van der Waals surface area contributed by atoms with Crippen LogP contribution in [0.5, 0.6) is 11.5 Å². The number of thiocarbonyl (C=S) groups is 1. The summed E-state index contributed by atoms with van der Waals surface area (Å²) in [6, 6.07) is 5.67. The first-order valence-corrected chi connectivity index (χ1v) is 13.0. The van der Waals surface area contributed by atoms with Crippen LogP contribution in [0.3, 0.4) is 0 Å². The van der Waals surface area contributed by atoms with Gasteiger partial charge in [0.15, 0.2) is 11.5 Å². The highest BCUT2D eigenvalue weighted by Crippen LogP contribution is 2.35. The molecule has 1 unspecified atom stereocenters. The molecule has 0 bridgehead atoms. The van der Waals surface area contributed by atoms with Gasteiger partial charge in [-0.1, -0.05) is 62.7 Å². The molecule has 1 aliphatic rings. The van der Waals surface area contributed by atoms with Crippen LogP contribution < -0.4 is 9.47 Å². The van der Waals surface area contributed by atoms with Crippen LogP contribution in [0.2, 0.25) is 0 Å². The average Bonchev–Trinajstić information content (AvgIpc) is 3.02. The molecule has 33 heavy (non-hydrogen) atoms. The summed E-state index contributed by atoms with van der Waals surface area (Å²) in [7, 11) is 0. The van der Waals surface area contributed by atoms with E-state index in [1.807, 2.05) is 25.1 Å². The lowest BCUT2D eigenvalue weighted by Crippen LogP contribution is -2.29. The Kier molecular flexibility index (Phi) is 11.7. The zero-order chi connectivity index (χ0) is 24.2. The molecule has 6 nitrogen and oxygen atoms in total. The fraction of sp³-hybridized carbons (Fsp3) is 0.560. The van der Waals surface area contributed by atoms with Crippen molar-refractivity contribution in [3.8, 4) is 11.5 Å². The standard InChI is InChI=1S/C25H35NO5S2/c1-4-6-7-8-9-11-18(3)31-20-14-13-19(16-21(20)30-5-2)17-22-24(29)26(25(32)33-22)15-10-12-23(27)28/h13-14,16-18H,4-12,15H2,1-3H3,(H,27,28). The number of benzene rings is 1. The Morgan fingerprint density at radius 2 is 1.94 bits per heavy atom. The van der Waals surface area contributed by atoms with Gasteiger partial charge < -0.3 is 14.6 Å². The Morgan fingerprint density at radius 3 is 2.64 bits per heavy atom. The van der Waals surface area contributed by atoms with Crippen molar-refractivity contribution in [1.82, 2.24) is 4.90 Å². The summed E-state index contributed by atoms with van der Waals surface area (Å²) in [5.41, 5.74) is 0.823. The molecule has 1 atom stereocenters. The molecule has 8 heteroatoms. The quantitative estimate of drug-likeness (QED) is 0.175. The van der Waals surface area contributed by atoms with Crippen molar-refractivity contribution < 1.29 is 24.2 Å².